The van der Waals surface area contributed by atoms with E-state index in [0.717, 1.165) is 24.8 Å². The number of benzene rings is 2. The lowest BCUT2D eigenvalue weighted by molar-refractivity contribution is -0.140. The summed E-state index contributed by atoms with van der Waals surface area (Å²) in [6, 6.07) is 16.3. The molecule has 30 heavy (non-hydrogen) atoms. The van der Waals surface area contributed by atoms with Crippen molar-refractivity contribution in [1.29, 1.82) is 0 Å². The first kappa shape index (κ1) is 21.6. The second-order valence-corrected chi connectivity index (χ2v) is 7.76. The van der Waals surface area contributed by atoms with Crippen molar-refractivity contribution in [1.82, 2.24) is 4.90 Å². The van der Waals surface area contributed by atoms with Crippen LogP contribution in [0.25, 0.3) is 0 Å². The van der Waals surface area contributed by atoms with Crippen molar-refractivity contribution < 1.29 is 19.1 Å². The number of ether oxygens (including phenoxy) is 1. The summed E-state index contributed by atoms with van der Waals surface area (Å²) in [4.78, 5) is 39.4. The summed E-state index contributed by atoms with van der Waals surface area (Å²) in [5.74, 6) is -1.04. The molecule has 0 unspecified atom stereocenters. The number of nitrogens with zero attached hydrogens (tertiary/aromatic N) is 1. The summed E-state index contributed by atoms with van der Waals surface area (Å²) >= 11 is 0. The van der Waals surface area contributed by atoms with E-state index in [9.17, 15) is 14.4 Å². The van der Waals surface area contributed by atoms with Crippen LogP contribution in [0, 0.1) is 0 Å². The van der Waals surface area contributed by atoms with Crippen LogP contribution < -0.4 is 5.32 Å². The van der Waals surface area contributed by atoms with Crippen LogP contribution in [0.3, 0.4) is 0 Å². The number of hydrogen-bond acceptors (Lipinski definition) is 4. The average Bonchev–Trinajstić information content (AvgIpc) is 2.73. The zero-order valence-electron chi connectivity index (χ0n) is 17.5. The van der Waals surface area contributed by atoms with Crippen LogP contribution in [-0.4, -0.2) is 41.4 Å². The number of anilines is 1. The number of carbonyl (C=O) groups is 3. The normalized spacial score (nSPS) is 18.5. The van der Waals surface area contributed by atoms with E-state index in [0.29, 0.717) is 5.69 Å². The lowest BCUT2D eigenvalue weighted by Crippen LogP contribution is -2.49. The van der Waals surface area contributed by atoms with Gasteiger partial charge in [-0.15, -0.1) is 0 Å². The van der Waals surface area contributed by atoms with E-state index in [-0.39, 0.29) is 42.5 Å². The van der Waals surface area contributed by atoms with Crippen molar-refractivity contribution >= 4 is 23.5 Å². The summed E-state index contributed by atoms with van der Waals surface area (Å²) in [7, 11) is 0. The number of likely N-dealkylation sites (tertiary alicyclic amines) is 1. The Bertz CT molecular complexity index is 887. The number of rotatable bonds is 6. The quantitative estimate of drug-likeness (QED) is 0.738. The van der Waals surface area contributed by atoms with Gasteiger partial charge in [0, 0.05) is 12.1 Å². The number of para-hydroxylation sites is 1. The Kier molecular flexibility index (Phi) is 7.22. The Morgan fingerprint density at radius 3 is 2.30 bits per heavy atom. The Morgan fingerprint density at radius 2 is 1.60 bits per heavy atom. The van der Waals surface area contributed by atoms with Crippen LogP contribution in [0.2, 0.25) is 0 Å². The number of nitrogens with one attached hydrogen (secondary N) is 1. The zero-order valence-corrected chi connectivity index (χ0v) is 17.5. The molecule has 1 heterocycles. The molecule has 0 aliphatic carbocycles. The van der Waals surface area contributed by atoms with Crippen LogP contribution in [0.5, 0.6) is 0 Å². The molecular weight excluding hydrogens is 380 g/mol. The molecule has 0 bridgehead atoms. The van der Waals surface area contributed by atoms with Crippen molar-refractivity contribution in [2.45, 2.75) is 51.6 Å². The van der Waals surface area contributed by atoms with E-state index >= 15 is 0 Å². The topological polar surface area (TPSA) is 75.7 Å². The highest BCUT2D eigenvalue weighted by molar-refractivity contribution is 6.02. The fraction of sp³-hybridized carbons (Fsp3) is 0.375. The van der Waals surface area contributed by atoms with Gasteiger partial charge < -0.3 is 15.0 Å². The fourth-order valence-electron chi connectivity index (χ4n) is 3.94. The van der Waals surface area contributed by atoms with Gasteiger partial charge in [-0.3, -0.25) is 9.59 Å². The second-order valence-electron chi connectivity index (χ2n) is 7.76. The van der Waals surface area contributed by atoms with E-state index < -0.39 is 5.97 Å². The number of piperidine rings is 1. The molecule has 3 rings (SSSR count). The molecule has 2 aromatic carbocycles. The molecular formula is C24H28N2O4. The van der Waals surface area contributed by atoms with Gasteiger partial charge in [0.05, 0.1) is 17.7 Å². The van der Waals surface area contributed by atoms with Crippen molar-refractivity contribution in [3.05, 3.63) is 65.7 Å². The van der Waals surface area contributed by atoms with Crippen LogP contribution in [0.15, 0.2) is 54.6 Å². The predicted molar refractivity (Wildman–Crippen MR) is 115 cm³/mol. The van der Waals surface area contributed by atoms with Gasteiger partial charge in [-0.05, 0) is 50.8 Å². The minimum Gasteiger partial charge on any atom is -0.452 e. The highest BCUT2D eigenvalue weighted by Gasteiger charge is 2.29. The van der Waals surface area contributed by atoms with Gasteiger partial charge in [-0.1, -0.05) is 42.5 Å². The SMILES string of the molecule is C[C@@H]1CCC[C@@H](C)N1C(=O)COC(=O)c1ccccc1NC(=O)Cc1ccccc1. The molecule has 1 fully saturated rings. The largest absolute Gasteiger partial charge is 0.452 e. The first-order valence-corrected chi connectivity index (χ1v) is 10.4. The molecule has 0 aromatic heterocycles. The highest BCUT2D eigenvalue weighted by Crippen LogP contribution is 2.23. The van der Waals surface area contributed by atoms with Crippen LogP contribution in [-0.2, 0) is 20.7 Å². The van der Waals surface area contributed by atoms with Gasteiger partial charge in [0.2, 0.25) is 5.91 Å². The maximum atomic E-state index is 12.6. The van der Waals surface area contributed by atoms with Crippen LogP contribution in [0.1, 0.15) is 49.0 Å². The minimum atomic E-state index is -0.628. The molecule has 1 aliphatic rings. The molecule has 2 atom stereocenters. The molecule has 1 aliphatic heterocycles. The Morgan fingerprint density at radius 1 is 0.967 bits per heavy atom. The van der Waals surface area contributed by atoms with Gasteiger partial charge in [-0.25, -0.2) is 4.79 Å². The van der Waals surface area contributed by atoms with Crippen molar-refractivity contribution in [2.75, 3.05) is 11.9 Å². The zero-order chi connectivity index (χ0) is 21.5. The lowest BCUT2D eigenvalue weighted by atomic mass is 9.97. The summed E-state index contributed by atoms with van der Waals surface area (Å²) in [6.07, 6.45) is 3.22. The van der Waals surface area contributed by atoms with E-state index in [2.05, 4.69) is 5.32 Å². The standard InChI is InChI=1S/C24H28N2O4/c1-17-9-8-10-18(2)26(17)23(28)16-30-24(29)20-13-6-7-14-21(20)25-22(27)15-19-11-4-3-5-12-19/h3-7,11-14,17-18H,8-10,15-16H2,1-2H3,(H,25,27)/t17-,18-/m1/s1. The van der Waals surface area contributed by atoms with E-state index in [4.69, 9.17) is 4.74 Å². The van der Waals surface area contributed by atoms with Gasteiger partial charge in [0.25, 0.3) is 5.91 Å². The molecule has 6 nitrogen and oxygen atoms in total. The van der Waals surface area contributed by atoms with E-state index in [1.165, 1.54) is 0 Å². The van der Waals surface area contributed by atoms with Gasteiger partial charge in [-0.2, -0.15) is 0 Å². The van der Waals surface area contributed by atoms with Crippen LogP contribution >= 0.6 is 0 Å². The summed E-state index contributed by atoms with van der Waals surface area (Å²) in [5.41, 5.74) is 1.48. The molecule has 6 heteroatoms. The number of carbonyl (C=O) groups excluding carboxylic acids is 3. The molecule has 2 amide bonds. The minimum absolute atomic E-state index is 0.143. The average molecular weight is 408 g/mol. The van der Waals surface area contributed by atoms with Crippen molar-refractivity contribution in [3.63, 3.8) is 0 Å². The number of esters is 1. The first-order valence-electron chi connectivity index (χ1n) is 10.4. The van der Waals surface area contributed by atoms with Crippen molar-refractivity contribution in [2.24, 2.45) is 0 Å². The first-order chi connectivity index (χ1) is 14.5. The molecule has 158 valence electrons. The van der Waals surface area contributed by atoms with Crippen molar-refractivity contribution in [3.8, 4) is 0 Å². The Hall–Kier alpha value is -3.15. The molecule has 0 saturated carbocycles. The monoisotopic (exact) mass is 408 g/mol. The third kappa shape index (κ3) is 5.47. The molecule has 1 saturated heterocycles. The Balaban J connectivity index is 1.61. The van der Waals surface area contributed by atoms with Crippen LogP contribution in [0.4, 0.5) is 5.69 Å². The summed E-state index contributed by atoms with van der Waals surface area (Å²) in [6.45, 7) is 3.74. The fourth-order valence-corrected chi connectivity index (χ4v) is 3.94. The second kappa shape index (κ2) is 10.1. The molecule has 2 aromatic rings. The number of amides is 2. The summed E-state index contributed by atoms with van der Waals surface area (Å²) < 4.78 is 5.30. The van der Waals surface area contributed by atoms with Gasteiger partial charge in [0.1, 0.15) is 0 Å². The summed E-state index contributed by atoms with van der Waals surface area (Å²) in [5, 5.41) is 2.77. The molecule has 1 N–H and O–H groups in total. The van der Waals surface area contributed by atoms with E-state index in [1.807, 2.05) is 49.1 Å². The predicted octanol–water partition coefficient (Wildman–Crippen LogP) is 3.81. The molecule has 0 radical (unpaired) electrons. The third-order valence-corrected chi connectivity index (χ3v) is 5.44. The highest BCUT2D eigenvalue weighted by atomic mass is 16.5. The third-order valence-electron chi connectivity index (χ3n) is 5.44. The van der Waals surface area contributed by atoms with E-state index in [1.54, 1.807) is 24.3 Å². The van der Waals surface area contributed by atoms with Gasteiger partial charge in [0.15, 0.2) is 6.61 Å². The Labute approximate surface area is 177 Å². The smallest absolute Gasteiger partial charge is 0.340 e. The molecule has 0 spiro atoms. The number of hydrogen-bond donors (Lipinski definition) is 1. The maximum absolute atomic E-state index is 12.6. The lowest BCUT2D eigenvalue weighted by Gasteiger charge is -2.38. The van der Waals surface area contributed by atoms with Gasteiger partial charge >= 0.3 is 5.97 Å². The maximum Gasteiger partial charge on any atom is 0.340 e.